The van der Waals surface area contributed by atoms with Gasteiger partial charge in [0.05, 0.1) is 28.4 Å². The molecule has 5 nitrogen and oxygen atoms in total. The van der Waals surface area contributed by atoms with Gasteiger partial charge in [0.15, 0.2) is 0 Å². The number of rotatable bonds is 4. The minimum Gasteiger partial charge on any atom is -0.323 e. The van der Waals surface area contributed by atoms with E-state index in [9.17, 15) is 4.79 Å². The number of hydrogen-bond acceptors (Lipinski definition) is 3. The van der Waals surface area contributed by atoms with Crippen LogP contribution in [-0.2, 0) is 17.8 Å². The van der Waals surface area contributed by atoms with Gasteiger partial charge in [0.1, 0.15) is 12.4 Å². The molecule has 0 atom stereocenters. The molecule has 4 aromatic rings. The lowest BCUT2D eigenvalue weighted by atomic mass is 10.2. The molecule has 124 valence electrons. The second-order valence-electron chi connectivity index (χ2n) is 5.92. The summed E-state index contributed by atoms with van der Waals surface area (Å²) in [6.45, 7) is 2.28. The highest BCUT2D eigenvalue weighted by Crippen LogP contribution is 2.18. The number of fused-ring (bicyclic) bond motifs is 2. The highest BCUT2D eigenvalue weighted by Gasteiger charge is 2.12. The predicted octanol–water partition coefficient (Wildman–Crippen LogP) is 3.79. The van der Waals surface area contributed by atoms with Gasteiger partial charge in [0, 0.05) is 11.8 Å². The van der Waals surface area contributed by atoms with Gasteiger partial charge < -0.3 is 9.88 Å². The molecule has 5 heteroatoms. The average Bonchev–Trinajstić information content (AvgIpc) is 2.99. The Morgan fingerprint density at radius 1 is 1.08 bits per heavy atom. The molecule has 2 aromatic heterocycles. The van der Waals surface area contributed by atoms with Gasteiger partial charge in [-0.15, -0.1) is 0 Å². The van der Waals surface area contributed by atoms with Crippen molar-refractivity contribution >= 4 is 33.5 Å². The molecule has 0 saturated carbocycles. The van der Waals surface area contributed by atoms with Gasteiger partial charge in [-0.1, -0.05) is 37.3 Å². The van der Waals surface area contributed by atoms with Crippen LogP contribution in [0.3, 0.4) is 0 Å². The van der Waals surface area contributed by atoms with Crippen LogP contribution in [0.25, 0.3) is 21.9 Å². The van der Waals surface area contributed by atoms with Crippen LogP contribution in [0.2, 0.25) is 0 Å². The van der Waals surface area contributed by atoms with Gasteiger partial charge in [-0.2, -0.15) is 0 Å². The summed E-state index contributed by atoms with van der Waals surface area (Å²) in [4.78, 5) is 21.5. The smallest absolute Gasteiger partial charge is 0.244 e. The molecule has 1 amide bonds. The summed E-state index contributed by atoms with van der Waals surface area (Å²) in [5.74, 6) is 0.822. The summed E-state index contributed by atoms with van der Waals surface area (Å²) in [5, 5.41) is 3.94. The summed E-state index contributed by atoms with van der Waals surface area (Å²) in [6, 6.07) is 17.7. The van der Waals surface area contributed by atoms with E-state index in [1.165, 1.54) is 0 Å². The second-order valence-corrected chi connectivity index (χ2v) is 5.92. The third kappa shape index (κ3) is 2.96. The molecule has 0 bridgehead atoms. The number of para-hydroxylation sites is 3. The lowest BCUT2D eigenvalue weighted by Crippen LogP contribution is -2.20. The molecule has 0 aliphatic rings. The zero-order valence-electron chi connectivity index (χ0n) is 13.9. The summed E-state index contributed by atoms with van der Waals surface area (Å²) in [6.07, 6.45) is 2.46. The number of amides is 1. The van der Waals surface area contributed by atoms with Crippen LogP contribution in [0.1, 0.15) is 12.7 Å². The highest BCUT2D eigenvalue weighted by molar-refractivity contribution is 5.93. The number of anilines is 1. The zero-order valence-corrected chi connectivity index (χ0v) is 13.9. The first-order valence-electron chi connectivity index (χ1n) is 8.33. The van der Waals surface area contributed by atoms with E-state index in [-0.39, 0.29) is 12.5 Å². The third-order valence-corrected chi connectivity index (χ3v) is 4.23. The number of pyridine rings is 1. The quantitative estimate of drug-likeness (QED) is 0.619. The van der Waals surface area contributed by atoms with Crippen molar-refractivity contribution in [1.82, 2.24) is 14.5 Å². The van der Waals surface area contributed by atoms with E-state index in [2.05, 4.69) is 15.3 Å². The molecular weight excluding hydrogens is 312 g/mol. The Morgan fingerprint density at radius 2 is 1.84 bits per heavy atom. The van der Waals surface area contributed by atoms with Crippen molar-refractivity contribution in [2.24, 2.45) is 0 Å². The lowest BCUT2D eigenvalue weighted by Gasteiger charge is -2.09. The maximum Gasteiger partial charge on any atom is 0.244 e. The number of hydrogen-bond donors (Lipinski definition) is 1. The SMILES string of the molecule is CCc1nc2ccccc2n1CC(=O)Nc1cnc2ccccc2c1. The Kier molecular flexibility index (Phi) is 3.90. The molecule has 0 unspecified atom stereocenters. The molecule has 25 heavy (non-hydrogen) atoms. The molecule has 2 heterocycles. The van der Waals surface area contributed by atoms with Crippen molar-refractivity contribution < 1.29 is 4.79 Å². The summed E-state index contributed by atoms with van der Waals surface area (Å²) in [7, 11) is 0. The number of benzene rings is 2. The fourth-order valence-electron chi connectivity index (χ4n) is 3.06. The maximum atomic E-state index is 12.5. The predicted molar refractivity (Wildman–Crippen MR) is 99.5 cm³/mol. The standard InChI is InChI=1S/C20H18N4O/c1-2-19-23-17-9-5-6-10-18(17)24(19)13-20(25)22-15-11-14-7-3-4-8-16(14)21-12-15/h3-12H,2,13H2,1H3,(H,22,25). The van der Waals surface area contributed by atoms with Gasteiger partial charge in [0.25, 0.3) is 0 Å². The van der Waals surface area contributed by atoms with Crippen molar-refractivity contribution in [2.45, 2.75) is 19.9 Å². The number of imidazole rings is 1. The average molecular weight is 330 g/mol. The van der Waals surface area contributed by atoms with Crippen molar-refractivity contribution in [3.8, 4) is 0 Å². The van der Waals surface area contributed by atoms with Gasteiger partial charge in [0.2, 0.25) is 5.91 Å². The van der Waals surface area contributed by atoms with Crippen LogP contribution >= 0.6 is 0 Å². The summed E-state index contributed by atoms with van der Waals surface area (Å²) < 4.78 is 1.97. The van der Waals surface area contributed by atoms with Crippen LogP contribution in [0, 0.1) is 0 Å². The van der Waals surface area contributed by atoms with E-state index in [1.54, 1.807) is 6.20 Å². The Bertz CT molecular complexity index is 1070. The van der Waals surface area contributed by atoms with E-state index >= 15 is 0 Å². The highest BCUT2D eigenvalue weighted by atomic mass is 16.1. The number of aromatic nitrogens is 3. The fraction of sp³-hybridized carbons (Fsp3) is 0.150. The molecule has 0 aliphatic heterocycles. The monoisotopic (exact) mass is 330 g/mol. The first-order chi connectivity index (χ1) is 12.2. The van der Waals surface area contributed by atoms with Crippen molar-refractivity contribution in [3.63, 3.8) is 0 Å². The van der Waals surface area contributed by atoms with Crippen molar-refractivity contribution in [2.75, 3.05) is 5.32 Å². The van der Waals surface area contributed by atoms with Crippen LogP contribution in [0.15, 0.2) is 60.8 Å². The molecule has 0 aliphatic carbocycles. The number of nitrogens with one attached hydrogen (secondary N) is 1. The van der Waals surface area contributed by atoms with Gasteiger partial charge in [-0.25, -0.2) is 4.98 Å². The minimum absolute atomic E-state index is 0.0880. The molecule has 0 saturated heterocycles. The zero-order chi connectivity index (χ0) is 17.2. The largest absolute Gasteiger partial charge is 0.323 e. The van der Waals surface area contributed by atoms with Crippen LogP contribution in [-0.4, -0.2) is 20.4 Å². The minimum atomic E-state index is -0.0880. The Hall–Kier alpha value is -3.21. The van der Waals surface area contributed by atoms with E-state index in [0.29, 0.717) is 5.69 Å². The molecule has 0 radical (unpaired) electrons. The number of nitrogens with zero attached hydrogens (tertiary/aromatic N) is 3. The first kappa shape index (κ1) is 15.3. The normalized spacial score (nSPS) is 11.1. The fourth-order valence-corrected chi connectivity index (χ4v) is 3.06. The molecule has 4 rings (SSSR count). The second kappa shape index (κ2) is 6.36. The molecule has 0 spiro atoms. The van der Waals surface area contributed by atoms with Crippen molar-refractivity contribution in [1.29, 1.82) is 0 Å². The Morgan fingerprint density at radius 3 is 2.68 bits per heavy atom. The molecule has 1 N–H and O–H groups in total. The van der Waals surface area contributed by atoms with E-state index < -0.39 is 0 Å². The number of aryl methyl sites for hydroxylation is 1. The van der Waals surface area contributed by atoms with Gasteiger partial charge >= 0.3 is 0 Å². The van der Waals surface area contributed by atoms with Gasteiger partial charge in [-0.3, -0.25) is 9.78 Å². The molecule has 2 aromatic carbocycles. The summed E-state index contributed by atoms with van der Waals surface area (Å²) >= 11 is 0. The maximum absolute atomic E-state index is 12.5. The van der Waals surface area contributed by atoms with Gasteiger partial charge in [-0.05, 0) is 24.3 Å². The van der Waals surface area contributed by atoms with Crippen molar-refractivity contribution in [3.05, 3.63) is 66.6 Å². The van der Waals surface area contributed by atoms with Crippen LogP contribution in [0.5, 0.6) is 0 Å². The Labute approximate surface area is 145 Å². The summed E-state index contributed by atoms with van der Waals surface area (Å²) in [5.41, 5.74) is 3.51. The first-order valence-corrected chi connectivity index (χ1v) is 8.33. The Balaban J connectivity index is 1.59. The molecule has 0 fully saturated rings. The topological polar surface area (TPSA) is 59.8 Å². The van der Waals surface area contributed by atoms with Crippen LogP contribution in [0.4, 0.5) is 5.69 Å². The van der Waals surface area contributed by atoms with E-state index in [4.69, 9.17) is 0 Å². The lowest BCUT2D eigenvalue weighted by molar-refractivity contribution is -0.116. The third-order valence-electron chi connectivity index (χ3n) is 4.23. The van der Waals surface area contributed by atoms with E-state index in [0.717, 1.165) is 34.2 Å². The van der Waals surface area contributed by atoms with E-state index in [1.807, 2.05) is 66.1 Å². The van der Waals surface area contributed by atoms with Crippen LogP contribution < -0.4 is 5.32 Å². The number of carbonyl (C=O) groups excluding carboxylic acids is 1. The molecular formula is C20H18N4O. The number of carbonyl (C=O) groups is 1.